The first-order valence-corrected chi connectivity index (χ1v) is 8.97. The van der Waals surface area contributed by atoms with Crippen molar-refractivity contribution in [3.05, 3.63) is 42.5 Å². The molecule has 3 rings (SSSR count). The van der Waals surface area contributed by atoms with Crippen molar-refractivity contribution in [1.29, 1.82) is 0 Å². The predicted molar refractivity (Wildman–Crippen MR) is 98.8 cm³/mol. The molecule has 0 aromatic heterocycles. The summed E-state index contributed by atoms with van der Waals surface area (Å²) in [5.41, 5.74) is 4.61. The highest BCUT2D eigenvalue weighted by molar-refractivity contribution is 5.87. The summed E-state index contributed by atoms with van der Waals surface area (Å²) in [5, 5.41) is 11.3. The summed E-state index contributed by atoms with van der Waals surface area (Å²) < 4.78 is 5.46. The summed E-state index contributed by atoms with van der Waals surface area (Å²) in [7, 11) is 0. The lowest BCUT2D eigenvalue weighted by atomic mass is 9.79. The zero-order valence-electron chi connectivity index (χ0n) is 14.8. The van der Waals surface area contributed by atoms with E-state index in [1.165, 1.54) is 0 Å². The van der Waals surface area contributed by atoms with Gasteiger partial charge in [-0.1, -0.05) is 43.2 Å². The average Bonchev–Trinajstić information content (AvgIpc) is 2.70. The molecule has 1 aliphatic carbocycles. The molecule has 7 nitrogen and oxygen atoms in total. The van der Waals surface area contributed by atoms with E-state index in [9.17, 15) is 19.5 Å². The SMILES string of the molecule is O=C(COc1ccc2ccccc2c1)NNC(=O)[C@@H]1CCCC[C@H]1C(=O)O. The second-order valence-corrected chi connectivity index (χ2v) is 6.67. The fraction of sp³-hybridized carbons (Fsp3) is 0.350. The van der Waals surface area contributed by atoms with Crippen molar-refractivity contribution in [3.63, 3.8) is 0 Å². The number of rotatable bonds is 5. The van der Waals surface area contributed by atoms with Gasteiger partial charge in [-0.2, -0.15) is 0 Å². The molecule has 3 N–H and O–H groups in total. The lowest BCUT2D eigenvalue weighted by Crippen LogP contribution is -2.49. The minimum Gasteiger partial charge on any atom is -0.484 e. The number of nitrogens with one attached hydrogen (secondary N) is 2. The second-order valence-electron chi connectivity index (χ2n) is 6.67. The van der Waals surface area contributed by atoms with E-state index in [1.807, 2.05) is 36.4 Å². The van der Waals surface area contributed by atoms with E-state index < -0.39 is 29.6 Å². The molecule has 27 heavy (non-hydrogen) atoms. The Morgan fingerprint density at radius 3 is 2.41 bits per heavy atom. The third kappa shape index (κ3) is 4.75. The van der Waals surface area contributed by atoms with Crippen molar-refractivity contribution in [2.45, 2.75) is 25.7 Å². The van der Waals surface area contributed by atoms with Crippen LogP contribution in [-0.4, -0.2) is 29.5 Å². The highest BCUT2D eigenvalue weighted by Gasteiger charge is 2.35. The van der Waals surface area contributed by atoms with E-state index in [1.54, 1.807) is 6.07 Å². The van der Waals surface area contributed by atoms with Crippen LogP contribution in [0.1, 0.15) is 25.7 Å². The van der Waals surface area contributed by atoms with Crippen molar-refractivity contribution in [2.75, 3.05) is 6.61 Å². The van der Waals surface area contributed by atoms with Gasteiger partial charge in [-0.3, -0.25) is 25.2 Å². The average molecular weight is 370 g/mol. The predicted octanol–water partition coefficient (Wildman–Crippen LogP) is 2.26. The molecule has 0 bridgehead atoms. The Hall–Kier alpha value is -3.09. The molecule has 1 fully saturated rings. The largest absolute Gasteiger partial charge is 0.484 e. The van der Waals surface area contributed by atoms with Crippen molar-refractivity contribution in [2.24, 2.45) is 11.8 Å². The molecule has 1 aliphatic rings. The fourth-order valence-corrected chi connectivity index (χ4v) is 3.41. The Labute approximate surface area is 156 Å². The number of carboxylic acid groups (broad SMARTS) is 1. The van der Waals surface area contributed by atoms with Gasteiger partial charge < -0.3 is 9.84 Å². The zero-order valence-corrected chi connectivity index (χ0v) is 14.8. The van der Waals surface area contributed by atoms with E-state index in [0.717, 1.165) is 23.6 Å². The number of fused-ring (bicyclic) bond motifs is 1. The Morgan fingerprint density at radius 2 is 1.67 bits per heavy atom. The Balaban J connectivity index is 1.48. The Bertz CT molecular complexity index is 851. The van der Waals surface area contributed by atoms with E-state index in [-0.39, 0.29) is 6.61 Å². The normalized spacial score (nSPS) is 19.3. The Kier molecular flexibility index (Phi) is 5.90. The lowest BCUT2D eigenvalue weighted by molar-refractivity contribution is -0.149. The van der Waals surface area contributed by atoms with E-state index in [4.69, 9.17) is 4.74 Å². The monoisotopic (exact) mass is 370 g/mol. The topological polar surface area (TPSA) is 105 Å². The number of carbonyl (C=O) groups excluding carboxylic acids is 2. The van der Waals surface area contributed by atoms with Gasteiger partial charge in [-0.15, -0.1) is 0 Å². The van der Waals surface area contributed by atoms with Crippen LogP contribution >= 0.6 is 0 Å². The third-order valence-electron chi connectivity index (χ3n) is 4.84. The molecule has 0 spiro atoms. The molecule has 2 aromatic rings. The number of carboxylic acids is 1. The van der Waals surface area contributed by atoms with Gasteiger partial charge in [0.05, 0.1) is 11.8 Å². The summed E-state index contributed by atoms with van der Waals surface area (Å²) >= 11 is 0. The number of ether oxygens (including phenoxy) is 1. The molecule has 0 saturated heterocycles. The van der Waals surface area contributed by atoms with E-state index in [0.29, 0.717) is 18.6 Å². The summed E-state index contributed by atoms with van der Waals surface area (Å²) in [6.07, 6.45) is 2.59. The quantitative estimate of drug-likeness (QED) is 0.700. The van der Waals surface area contributed by atoms with Crippen LogP contribution in [0.2, 0.25) is 0 Å². The van der Waals surface area contributed by atoms with Gasteiger partial charge in [0.15, 0.2) is 6.61 Å². The molecule has 0 aliphatic heterocycles. The molecule has 142 valence electrons. The van der Waals surface area contributed by atoms with Crippen molar-refractivity contribution in [1.82, 2.24) is 10.9 Å². The number of hydrazine groups is 1. The summed E-state index contributed by atoms with van der Waals surface area (Å²) in [4.78, 5) is 35.4. The van der Waals surface area contributed by atoms with Crippen LogP contribution in [0.4, 0.5) is 0 Å². The third-order valence-corrected chi connectivity index (χ3v) is 4.84. The van der Waals surface area contributed by atoms with Gasteiger partial charge in [0.1, 0.15) is 5.75 Å². The minimum atomic E-state index is -0.971. The molecule has 2 atom stereocenters. The van der Waals surface area contributed by atoms with Gasteiger partial charge >= 0.3 is 5.97 Å². The van der Waals surface area contributed by atoms with Crippen molar-refractivity contribution < 1.29 is 24.2 Å². The van der Waals surface area contributed by atoms with Crippen LogP contribution in [0.25, 0.3) is 10.8 Å². The maximum atomic E-state index is 12.2. The summed E-state index contributed by atoms with van der Waals surface area (Å²) in [6, 6.07) is 13.3. The molecule has 2 amide bonds. The van der Waals surface area contributed by atoms with Crippen molar-refractivity contribution >= 4 is 28.6 Å². The van der Waals surface area contributed by atoms with Gasteiger partial charge in [-0.25, -0.2) is 0 Å². The van der Waals surface area contributed by atoms with Crippen LogP contribution in [0.5, 0.6) is 5.75 Å². The number of amides is 2. The van der Waals surface area contributed by atoms with E-state index in [2.05, 4.69) is 10.9 Å². The maximum absolute atomic E-state index is 12.2. The Morgan fingerprint density at radius 1 is 0.963 bits per heavy atom. The minimum absolute atomic E-state index is 0.258. The van der Waals surface area contributed by atoms with E-state index >= 15 is 0 Å². The molecular weight excluding hydrogens is 348 g/mol. The maximum Gasteiger partial charge on any atom is 0.307 e. The fourth-order valence-electron chi connectivity index (χ4n) is 3.41. The molecule has 0 radical (unpaired) electrons. The van der Waals surface area contributed by atoms with Gasteiger partial charge in [0.25, 0.3) is 5.91 Å². The zero-order chi connectivity index (χ0) is 19.2. The lowest BCUT2D eigenvalue weighted by Gasteiger charge is -2.27. The van der Waals surface area contributed by atoms with Crippen LogP contribution in [-0.2, 0) is 14.4 Å². The number of benzene rings is 2. The summed E-state index contributed by atoms with van der Waals surface area (Å²) in [6.45, 7) is -0.258. The number of carbonyl (C=O) groups is 3. The van der Waals surface area contributed by atoms with Crippen LogP contribution in [0.15, 0.2) is 42.5 Å². The molecule has 0 unspecified atom stereocenters. The first kappa shape index (κ1) is 18.7. The number of hydrogen-bond donors (Lipinski definition) is 3. The smallest absolute Gasteiger partial charge is 0.307 e. The highest BCUT2D eigenvalue weighted by Crippen LogP contribution is 2.30. The second kappa shape index (κ2) is 8.53. The molecular formula is C20H22N2O5. The van der Waals surface area contributed by atoms with Crippen LogP contribution in [0, 0.1) is 11.8 Å². The number of aliphatic carboxylic acids is 1. The van der Waals surface area contributed by atoms with Gasteiger partial charge in [0.2, 0.25) is 5.91 Å². The molecule has 0 heterocycles. The highest BCUT2D eigenvalue weighted by atomic mass is 16.5. The molecule has 7 heteroatoms. The molecule has 2 aromatic carbocycles. The number of hydrogen-bond acceptors (Lipinski definition) is 4. The first-order chi connectivity index (χ1) is 13.0. The standard InChI is InChI=1S/C20H22N2O5/c23-18(12-27-15-10-9-13-5-1-2-6-14(13)11-15)21-22-19(24)16-7-3-4-8-17(16)20(25)26/h1-2,5-6,9-11,16-17H,3-4,7-8,12H2,(H,21,23)(H,22,24)(H,25,26)/t16-,17-/m1/s1. The van der Waals surface area contributed by atoms with Crippen LogP contribution < -0.4 is 15.6 Å². The summed E-state index contributed by atoms with van der Waals surface area (Å²) in [5.74, 6) is -2.74. The van der Waals surface area contributed by atoms with Crippen molar-refractivity contribution in [3.8, 4) is 5.75 Å². The van der Waals surface area contributed by atoms with Crippen LogP contribution in [0.3, 0.4) is 0 Å². The molecule has 1 saturated carbocycles. The van der Waals surface area contributed by atoms with Gasteiger partial charge in [0, 0.05) is 0 Å². The van der Waals surface area contributed by atoms with Gasteiger partial charge in [-0.05, 0) is 35.7 Å². The first-order valence-electron chi connectivity index (χ1n) is 8.97.